The minimum atomic E-state index is -0.547. The van der Waals surface area contributed by atoms with Gasteiger partial charge in [-0.05, 0) is 39.7 Å². The first-order chi connectivity index (χ1) is 12.5. The van der Waals surface area contributed by atoms with E-state index in [0.29, 0.717) is 6.61 Å². The summed E-state index contributed by atoms with van der Waals surface area (Å²) in [6.07, 6.45) is 0.344. The lowest BCUT2D eigenvalue weighted by Crippen LogP contribution is -2.48. The Morgan fingerprint density at radius 3 is 2.08 bits per heavy atom. The van der Waals surface area contributed by atoms with E-state index in [1.165, 1.54) is 0 Å². The molecule has 0 amide bonds. The lowest BCUT2D eigenvalue weighted by atomic mass is 10.2. The van der Waals surface area contributed by atoms with Crippen LogP contribution in [-0.4, -0.2) is 42.6 Å². The number of rotatable bonds is 11. The smallest absolute Gasteiger partial charge is 0.332 e. The van der Waals surface area contributed by atoms with Crippen LogP contribution < -0.4 is 0 Å². The van der Waals surface area contributed by atoms with E-state index in [4.69, 9.17) is 14.2 Å². The van der Waals surface area contributed by atoms with Crippen molar-refractivity contribution in [2.45, 2.75) is 80.0 Å². The highest BCUT2D eigenvalue weighted by atomic mass is 16.7. The second-order valence-corrected chi connectivity index (χ2v) is 6.27. The maximum absolute atomic E-state index is 11.9. The third-order valence-electron chi connectivity index (χ3n) is 3.49. The summed E-state index contributed by atoms with van der Waals surface area (Å²) in [6.45, 7) is 15.1. The Kier molecular flexibility index (Phi) is 13.9. The van der Waals surface area contributed by atoms with Crippen molar-refractivity contribution in [1.29, 1.82) is 0 Å². The number of ether oxygens (including phenoxy) is 3. The maximum Gasteiger partial charge on any atom is 0.332 e. The molecule has 0 heterocycles. The second kappa shape index (κ2) is 14.7. The van der Waals surface area contributed by atoms with Crippen LogP contribution in [-0.2, 0) is 25.6 Å². The molecule has 5 nitrogen and oxygen atoms in total. The van der Waals surface area contributed by atoms with E-state index in [2.05, 4.69) is 32.6 Å². The van der Waals surface area contributed by atoms with Gasteiger partial charge in [0.1, 0.15) is 13.2 Å². The molecule has 0 aromatic heterocycles. The third-order valence-corrected chi connectivity index (χ3v) is 3.49. The van der Waals surface area contributed by atoms with Crippen molar-refractivity contribution >= 4 is 5.97 Å². The Labute approximate surface area is 159 Å². The summed E-state index contributed by atoms with van der Waals surface area (Å²) in [5.74, 6) is -0.392. The van der Waals surface area contributed by atoms with E-state index in [9.17, 15) is 4.79 Å². The normalized spacial score (nSPS) is 12.1. The molecule has 5 heteroatoms. The molecule has 0 radical (unpaired) electrons. The summed E-state index contributed by atoms with van der Waals surface area (Å²) < 4.78 is 16.7. The fourth-order valence-electron chi connectivity index (χ4n) is 2.44. The van der Waals surface area contributed by atoms with Gasteiger partial charge in [0.25, 0.3) is 0 Å². The number of hydrogen-bond donors (Lipinski definition) is 0. The van der Waals surface area contributed by atoms with Crippen molar-refractivity contribution < 1.29 is 19.0 Å². The van der Waals surface area contributed by atoms with Crippen LogP contribution in [0.1, 0.15) is 60.5 Å². The first-order valence-electron chi connectivity index (χ1n) is 9.65. The van der Waals surface area contributed by atoms with E-state index in [1.807, 2.05) is 51.1 Å². The summed E-state index contributed by atoms with van der Waals surface area (Å²) in [6, 6.07) is 10.1. The lowest BCUT2D eigenvalue weighted by Gasteiger charge is -2.36. The SMILES string of the molecule is CC.CCCOC(OCC(=O)OCc1ccccc1)N(C(C)C)C(C)C. The quantitative estimate of drug-likeness (QED) is 0.422. The van der Waals surface area contributed by atoms with Gasteiger partial charge in [0.05, 0.1) is 6.61 Å². The molecule has 0 N–H and O–H groups in total. The summed E-state index contributed by atoms with van der Waals surface area (Å²) in [7, 11) is 0. The van der Waals surface area contributed by atoms with Gasteiger partial charge in [-0.3, -0.25) is 4.90 Å². The molecule has 1 unspecified atom stereocenters. The van der Waals surface area contributed by atoms with Crippen LogP contribution >= 0.6 is 0 Å². The minimum Gasteiger partial charge on any atom is -0.459 e. The highest BCUT2D eigenvalue weighted by Gasteiger charge is 2.26. The fourth-order valence-corrected chi connectivity index (χ4v) is 2.44. The molecule has 1 rings (SSSR count). The van der Waals surface area contributed by atoms with E-state index in [-0.39, 0.29) is 25.3 Å². The molecule has 1 aromatic rings. The zero-order valence-corrected chi connectivity index (χ0v) is 17.5. The highest BCUT2D eigenvalue weighted by molar-refractivity contribution is 5.70. The van der Waals surface area contributed by atoms with Gasteiger partial charge in [0.2, 0.25) is 6.41 Å². The molecule has 0 aliphatic rings. The van der Waals surface area contributed by atoms with Crippen molar-refractivity contribution in [3.63, 3.8) is 0 Å². The van der Waals surface area contributed by atoms with E-state index in [1.54, 1.807) is 0 Å². The zero-order chi connectivity index (χ0) is 19.9. The number of carbonyl (C=O) groups excluding carboxylic acids is 1. The number of nitrogens with zero attached hydrogens (tertiary/aromatic N) is 1. The van der Waals surface area contributed by atoms with Crippen LogP contribution in [0.5, 0.6) is 0 Å². The van der Waals surface area contributed by atoms with Gasteiger partial charge < -0.3 is 14.2 Å². The van der Waals surface area contributed by atoms with Crippen LogP contribution in [0.15, 0.2) is 30.3 Å². The van der Waals surface area contributed by atoms with Gasteiger partial charge in [-0.25, -0.2) is 4.79 Å². The Morgan fingerprint density at radius 2 is 1.58 bits per heavy atom. The van der Waals surface area contributed by atoms with Gasteiger partial charge in [-0.15, -0.1) is 0 Å². The van der Waals surface area contributed by atoms with E-state index in [0.717, 1.165) is 12.0 Å². The summed E-state index contributed by atoms with van der Waals surface area (Å²) in [4.78, 5) is 14.0. The maximum atomic E-state index is 11.9. The van der Waals surface area contributed by atoms with Crippen LogP contribution in [0.4, 0.5) is 0 Å². The predicted molar refractivity (Wildman–Crippen MR) is 106 cm³/mol. The van der Waals surface area contributed by atoms with Crippen LogP contribution in [0, 0.1) is 0 Å². The summed E-state index contributed by atoms with van der Waals surface area (Å²) in [5.41, 5.74) is 0.954. The Bertz CT molecular complexity index is 454. The molecule has 0 bridgehead atoms. The Balaban J connectivity index is 0.00000301. The molecule has 0 spiro atoms. The molecule has 0 aliphatic heterocycles. The number of hydrogen-bond acceptors (Lipinski definition) is 5. The van der Waals surface area contributed by atoms with Gasteiger partial charge in [-0.1, -0.05) is 51.1 Å². The third kappa shape index (κ3) is 9.90. The number of carbonyl (C=O) groups is 1. The standard InChI is InChI=1S/C19H31NO4.C2H6/c1-6-12-22-19(20(15(2)3)16(4)5)24-14-18(21)23-13-17-10-8-7-9-11-17;1-2/h7-11,15-16,19H,6,12-14H2,1-5H3;1-2H3. The Hall–Kier alpha value is -1.43. The topological polar surface area (TPSA) is 48.0 Å². The molecular weight excluding hydrogens is 330 g/mol. The molecule has 0 saturated carbocycles. The molecular formula is C21H37NO4. The fraction of sp³-hybridized carbons (Fsp3) is 0.667. The van der Waals surface area contributed by atoms with E-state index >= 15 is 0 Å². The predicted octanol–water partition coefficient (Wildman–Crippen LogP) is 4.60. The highest BCUT2D eigenvalue weighted by Crippen LogP contribution is 2.14. The largest absolute Gasteiger partial charge is 0.459 e. The number of benzene rings is 1. The minimum absolute atomic E-state index is 0.128. The second-order valence-electron chi connectivity index (χ2n) is 6.27. The molecule has 0 fully saturated rings. The van der Waals surface area contributed by atoms with Crippen molar-refractivity contribution in [2.75, 3.05) is 13.2 Å². The van der Waals surface area contributed by atoms with Gasteiger partial charge >= 0.3 is 5.97 Å². The van der Waals surface area contributed by atoms with E-state index < -0.39 is 12.4 Å². The first kappa shape index (κ1) is 24.6. The molecule has 26 heavy (non-hydrogen) atoms. The first-order valence-corrected chi connectivity index (χ1v) is 9.65. The lowest BCUT2D eigenvalue weighted by molar-refractivity contribution is -0.243. The summed E-state index contributed by atoms with van der Waals surface area (Å²) >= 11 is 0. The van der Waals surface area contributed by atoms with Crippen molar-refractivity contribution in [2.24, 2.45) is 0 Å². The van der Waals surface area contributed by atoms with Crippen molar-refractivity contribution in [3.8, 4) is 0 Å². The zero-order valence-electron chi connectivity index (χ0n) is 17.5. The average Bonchev–Trinajstić information content (AvgIpc) is 2.64. The Morgan fingerprint density at radius 1 is 1.00 bits per heavy atom. The summed E-state index contributed by atoms with van der Waals surface area (Å²) in [5, 5.41) is 0. The van der Waals surface area contributed by atoms with Gasteiger partial charge in [0, 0.05) is 12.1 Å². The van der Waals surface area contributed by atoms with Crippen molar-refractivity contribution in [3.05, 3.63) is 35.9 Å². The average molecular weight is 368 g/mol. The van der Waals surface area contributed by atoms with Crippen LogP contribution in [0.2, 0.25) is 0 Å². The monoisotopic (exact) mass is 367 g/mol. The molecule has 150 valence electrons. The van der Waals surface area contributed by atoms with Gasteiger partial charge in [0.15, 0.2) is 0 Å². The van der Waals surface area contributed by atoms with Crippen LogP contribution in [0.25, 0.3) is 0 Å². The van der Waals surface area contributed by atoms with Gasteiger partial charge in [-0.2, -0.15) is 0 Å². The molecule has 0 aliphatic carbocycles. The van der Waals surface area contributed by atoms with Crippen LogP contribution in [0.3, 0.4) is 0 Å². The van der Waals surface area contributed by atoms with Crippen molar-refractivity contribution in [1.82, 2.24) is 4.90 Å². The molecule has 0 saturated heterocycles. The number of esters is 1. The molecule has 1 atom stereocenters. The molecule has 1 aromatic carbocycles.